The Labute approximate surface area is 164 Å². The lowest BCUT2D eigenvalue weighted by molar-refractivity contribution is 0.0718. The van der Waals surface area contributed by atoms with Crippen molar-refractivity contribution in [3.63, 3.8) is 0 Å². The van der Waals surface area contributed by atoms with Crippen molar-refractivity contribution in [1.82, 2.24) is 15.2 Å². The van der Waals surface area contributed by atoms with Crippen LogP contribution in [0, 0.1) is 0 Å². The minimum atomic E-state index is -0.327. The Kier molecular flexibility index (Phi) is 6.84. The number of nitrogens with one attached hydrogen (secondary N) is 1. The van der Waals surface area contributed by atoms with Crippen LogP contribution >= 0.6 is 0 Å². The van der Waals surface area contributed by atoms with E-state index in [2.05, 4.69) is 10.3 Å². The molecule has 0 spiro atoms. The van der Waals surface area contributed by atoms with E-state index in [-0.39, 0.29) is 17.5 Å². The molecular formula is C21H25N3O4. The number of piperidine rings is 1. The van der Waals surface area contributed by atoms with E-state index in [9.17, 15) is 9.59 Å². The monoisotopic (exact) mass is 383 g/mol. The molecule has 2 amide bonds. The minimum Gasteiger partial charge on any atom is -0.497 e. The highest BCUT2D eigenvalue weighted by Crippen LogP contribution is 2.16. The van der Waals surface area contributed by atoms with Crippen LogP contribution in [-0.2, 0) is 0 Å². The third kappa shape index (κ3) is 5.22. The molecule has 28 heavy (non-hydrogen) atoms. The van der Waals surface area contributed by atoms with E-state index >= 15 is 0 Å². The van der Waals surface area contributed by atoms with E-state index in [0.29, 0.717) is 24.6 Å². The van der Waals surface area contributed by atoms with E-state index in [1.165, 1.54) is 0 Å². The molecule has 0 saturated carbocycles. The predicted molar refractivity (Wildman–Crippen MR) is 105 cm³/mol. The molecule has 7 heteroatoms. The van der Waals surface area contributed by atoms with Crippen molar-refractivity contribution >= 4 is 11.8 Å². The van der Waals surface area contributed by atoms with Crippen molar-refractivity contribution in [1.29, 1.82) is 0 Å². The maximum absolute atomic E-state index is 12.5. The quantitative estimate of drug-likeness (QED) is 0.743. The first-order chi connectivity index (χ1) is 13.7. The van der Waals surface area contributed by atoms with Gasteiger partial charge < -0.3 is 19.7 Å². The number of carbonyl (C=O) groups excluding carboxylic acids is 2. The number of hydrogen-bond donors (Lipinski definition) is 1. The average Bonchev–Trinajstić information content (AvgIpc) is 2.77. The molecule has 7 nitrogen and oxygen atoms in total. The lowest BCUT2D eigenvalue weighted by Gasteiger charge is -2.26. The van der Waals surface area contributed by atoms with Crippen LogP contribution in [0.1, 0.15) is 40.2 Å². The zero-order chi connectivity index (χ0) is 19.8. The predicted octanol–water partition coefficient (Wildman–Crippen LogP) is 2.53. The second kappa shape index (κ2) is 9.73. The molecule has 1 aliphatic heterocycles. The van der Waals surface area contributed by atoms with Gasteiger partial charge in [0.15, 0.2) is 0 Å². The highest BCUT2D eigenvalue weighted by Gasteiger charge is 2.20. The smallest absolute Gasteiger partial charge is 0.272 e. The van der Waals surface area contributed by atoms with Gasteiger partial charge in [0, 0.05) is 13.1 Å². The van der Waals surface area contributed by atoms with Gasteiger partial charge in [-0.1, -0.05) is 6.07 Å². The van der Waals surface area contributed by atoms with Crippen molar-refractivity contribution in [3.8, 4) is 11.5 Å². The molecule has 0 radical (unpaired) electrons. The lowest BCUT2D eigenvalue weighted by Crippen LogP contribution is -2.36. The number of nitrogens with zero attached hydrogens (tertiary/aromatic N) is 2. The summed E-state index contributed by atoms with van der Waals surface area (Å²) >= 11 is 0. The number of amides is 2. The second-order valence-corrected chi connectivity index (χ2v) is 6.54. The number of likely N-dealkylation sites (tertiary alicyclic amines) is 1. The van der Waals surface area contributed by atoms with Crippen molar-refractivity contribution in [2.75, 3.05) is 33.4 Å². The Balaban J connectivity index is 1.49. The summed E-state index contributed by atoms with van der Waals surface area (Å²) in [7, 11) is 1.61. The molecule has 148 valence electrons. The first kappa shape index (κ1) is 19.7. The average molecular weight is 383 g/mol. The van der Waals surface area contributed by atoms with Crippen LogP contribution in [0.15, 0.2) is 42.5 Å². The summed E-state index contributed by atoms with van der Waals surface area (Å²) in [5.74, 6) is 1.01. The first-order valence-corrected chi connectivity index (χ1v) is 9.49. The number of methoxy groups -OCH3 is 1. The van der Waals surface area contributed by atoms with Gasteiger partial charge in [0.05, 0.1) is 13.7 Å². The Morgan fingerprint density at radius 2 is 1.68 bits per heavy atom. The number of hydrogen-bond acceptors (Lipinski definition) is 5. The van der Waals surface area contributed by atoms with E-state index in [1.54, 1.807) is 42.3 Å². The van der Waals surface area contributed by atoms with Gasteiger partial charge in [-0.05, 0) is 55.7 Å². The maximum Gasteiger partial charge on any atom is 0.272 e. The number of aromatic nitrogens is 1. The van der Waals surface area contributed by atoms with Gasteiger partial charge in [0.2, 0.25) is 0 Å². The van der Waals surface area contributed by atoms with Crippen molar-refractivity contribution in [2.24, 2.45) is 0 Å². The van der Waals surface area contributed by atoms with Gasteiger partial charge in [-0.25, -0.2) is 4.98 Å². The summed E-state index contributed by atoms with van der Waals surface area (Å²) in [4.78, 5) is 30.9. The number of ether oxygens (including phenoxy) is 2. The molecule has 3 rings (SSSR count). The van der Waals surface area contributed by atoms with E-state index in [4.69, 9.17) is 9.47 Å². The maximum atomic E-state index is 12.5. The van der Waals surface area contributed by atoms with Crippen molar-refractivity contribution in [2.45, 2.75) is 19.3 Å². The van der Waals surface area contributed by atoms with Gasteiger partial charge >= 0.3 is 0 Å². The molecule has 0 unspecified atom stereocenters. The van der Waals surface area contributed by atoms with E-state index < -0.39 is 0 Å². The second-order valence-electron chi connectivity index (χ2n) is 6.54. The molecule has 0 bridgehead atoms. The Morgan fingerprint density at radius 1 is 1.00 bits per heavy atom. The molecule has 2 aromatic rings. The molecule has 1 saturated heterocycles. The fourth-order valence-electron chi connectivity index (χ4n) is 3.04. The normalized spacial score (nSPS) is 13.7. The van der Waals surface area contributed by atoms with Gasteiger partial charge in [-0.2, -0.15) is 0 Å². The minimum absolute atomic E-state index is 0.114. The molecule has 1 fully saturated rings. The molecule has 1 aromatic heterocycles. The largest absolute Gasteiger partial charge is 0.497 e. The fourth-order valence-corrected chi connectivity index (χ4v) is 3.04. The van der Waals surface area contributed by atoms with E-state index in [0.717, 1.165) is 38.1 Å². The molecule has 1 aromatic carbocycles. The Morgan fingerprint density at radius 3 is 2.39 bits per heavy atom. The number of rotatable bonds is 7. The van der Waals surface area contributed by atoms with Crippen LogP contribution < -0.4 is 14.8 Å². The van der Waals surface area contributed by atoms with Gasteiger partial charge in [0.1, 0.15) is 29.5 Å². The van der Waals surface area contributed by atoms with Crippen LogP contribution in [-0.4, -0.2) is 55.0 Å². The third-order valence-electron chi connectivity index (χ3n) is 4.56. The van der Waals surface area contributed by atoms with Crippen LogP contribution in [0.3, 0.4) is 0 Å². The number of carbonyl (C=O) groups is 2. The highest BCUT2D eigenvalue weighted by atomic mass is 16.5. The highest BCUT2D eigenvalue weighted by molar-refractivity contribution is 5.96. The molecule has 0 atom stereocenters. The van der Waals surface area contributed by atoms with Crippen molar-refractivity contribution < 1.29 is 19.1 Å². The molecule has 0 aliphatic carbocycles. The Hall–Kier alpha value is -3.09. The summed E-state index contributed by atoms with van der Waals surface area (Å²) in [6.07, 6.45) is 3.18. The summed E-state index contributed by atoms with van der Waals surface area (Å²) in [5, 5.41) is 2.76. The number of benzene rings is 1. The van der Waals surface area contributed by atoms with Gasteiger partial charge in [-0.15, -0.1) is 0 Å². The van der Waals surface area contributed by atoms with Gasteiger partial charge in [0.25, 0.3) is 11.8 Å². The zero-order valence-corrected chi connectivity index (χ0v) is 16.0. The Bertz CT molecular complexity index is 802. The molecule has 2 heterocycles. The third-order valence-corrected chi connectivity index (χ3v) is 4.56. The molecular weight excluding hydrogens is 358 g/mol. The number of pyridine rings is 1. The molecule has 1 N–H and O–H groups in total. The standard InChI is InChI=1S/C21H25N3O4/c1-27-16-8-10-17(11-9-16)28-15-12-22-20(25)18-6-5-7-19(23-18)21(26)24-13-3-2-4-14-24/h5-11H,2-4,12-15H2,1H3,(H,22,25). The zero-order valence-electron chi connectivity index (χ0n) is 16.0. The topological polar surface area (TPSA) is 80.8 Å². The van der Waals surface area contributed by atoms with Crippen LogP contribution in [0.5, 0.6) is 11.5 Å². The fraction of sp³-hybridized carbons (Fsp3) is 0.381. The summed E-state index contributed by atoms with van der Waals surface area (Å²) in [5.41, 5.74) is 0.538. The first-order valence-electron chi connectivity index (χ1n) is 9.49. The van der Waals surface area contributed by atoms with E-state index in [1.807, 2.05) is 12.1 Å². The lowest BCUT2D eigenvalue weighted by atomic mass is 10.1. The van der Waals surface area contributed by atoms with Gasteiger partial charge in [-0.3, -0.25) is 9.59 Å². The summed E-state index contributed by atoms with van der Waals surface area (Å²) in [6, 6.07) is 12.2. The van der Waals surface area contributed by atoms with Crippen LogP contribution in [0.2, 0.25) is 0 Å². The molecule has 1 aliphatic rings. The van der Waals surface area contributed by atoms with Crippen molar-refractivity contribution in [3.05, 3.63) is 53.9 Å². The summed E-state index contributed by atoms with van der Waals surface area (Å²) in [6.45, 7) is 2.15. The summed E-state index contributed by atoms with van der Waals surface area (Å²) < 4.78 is 10.7. The van der Waals surface area contributed by atoms with Crippen LogP contribution in [0.4, 0.5) is 0 Å². The SMILES string of the molecule is COc1ccc(OCCNC(=O)c2cccc(C(=O)N3CCCCC3)n2)cc1. The van der Waals surface area contributed by atoms with Crippen LogP contribution in [0.25, 0.3) is 0 Å².